The van der Waals surface area contributed by atoms with Gasteiger partial charge in [-0.3, -0.25) is 9.59 Å². The zero-order valence-corrected chi connectivity index (χ0v) is 14.4. The van der Waals surface area contributed by atoms with Gasteiger partial charge in [0, 0.05) is 38.1 Å². The van der Waals surface area contributed by atoms with Gasteiger partial charge in [-0.05, 0) is 30.7 Å². The van der Waals surface area contributed by atoms with Crippen molar-refractivity contribution in [2.24, 2.45) is 11.3 Å². The Labute approximate surface area is 141 Å². The summed E-state index contributed by atoms with van der Waals surface area (Å²) in [6, 6.07) is 3.78. The van der Waals surface area contributed by atoms with Crippen LogP contribution in [0.15, 0.2) is 17.5 Å². The minimum atomic E-state index is -0.0237. The molecule has 0 unspecified atom stereocenters. The van der Waals surface area contributed by atoms with Gasteiger partial charge < -0.3 is 15.0 Å². The number of methoxy groups -OCH3 is 1. The van der Waals surface area contributed by atoms with E-state index in [4.69, 9.17) is 4.74 Å². The molecule has 1 saturated heterocycles. The minimum absolute atomic E-state index is 0.0237. The number of carbonyl (C=O) groups is 2. The van der Waals surface area contributed by atoms with Gasteiger partial charge in [-0.2, -0.15) is 0 Å². The highest BCUT2D eigenvalue weighted by Gasteiger charge is 2.51. The zero-order valence-electron chi connectivity index (χ0n) is 13.5. The zero-order chi connectivity index (χ0) is 16.3. The Hall–Kier alpha value is -1.40. The van der Waals surface area contributed by atoms with Crippen LogP contribution in [0.2, 0.25) is 0 Å². The summed E-state index contributed by atoms with van der Waals surface area (Å²) in [7, 11) is 1.63. The van der Waals surface area contributed by atoms with Crippen LogP contribution in [-0.4, -0.2) is 50.1 Å². The maximum Gasteiger partial charge on any atom is 0.263 e. The van der Waals surface area contributed by atoms with E-state index < -0.39 is 0 Å². The van der Waals surface area contributed by atoms with Gasteiger partial charge in [-0.15, -0.1) is 11.3 Å². The molecule has 6 heteroatoms. The summed E-state index contributed by atoms with van der Waals surface area (Å²) in [6.07, 6.45) is 3.99. The lowest BCUT2D eigenvalue weighted by atomic mass is 9.76. The first-order valence-corrected chi connectivity index (χ1v) is 9.14. The van der Waals surface area contributed by atoms with E-state index in [-0.39, 0.29) is 23.1 Å². The van der Waals surface area contributed by atoms with Crippen molar-refractivity contribution in [1.82, 2.24) is 10.2 Å². The van der Waals surface area contributed by atoms with Gasteiger partial charge >= 0.3 is 0 Å². The van der Waals surface area contributed by atoms with Gasteiger partial charge in [-0.25, -0.2) is 0 Å². The number of hydrogen-bond acceptors (Lipinski definition) is 4. The van der Waals surface area contributed by atoms with E-state index in [2.05, 4.69) is 5.32 Å². The van der Waals surface area contributed by atoms with Crippen LogP contribution >= 0.6 is 11.3 Å². The Kier molecular flexibility index (Phi) is 5.02. The monoisotopic (exact) mass is 336 g/mol. The molecular formula is C17H24N2O3S. The normalized spacial score (nSPS) is 26.8. The van der Waals surface area contributed by atoms with Crippen molar-refractivity contribution in [3.8, 4) is 0 Å². The molecule has 23 heavy (non-hydrogen) atoms. The molecule has 2 heterocycles. The van der Waals surface area contributed by atoms with Crippen LogP contribution in [0.3, 0.4) is 0 Å². The molecule has 0 aromatic carbocycles. The molecule has 126 valence electrons. The number of nitrogens with one attached hydrogen (secondary N) is 1. The molecule has 1 aromatic rings. The van der Waals surface area contributed by atoms with Crippen molar-refractivity contribution in [2.45, 2.75) is 25.7 Å². The molecule has 0 radical (unpaired) electrons. The number of hydrogen-bond donors (Lipinski definition) is 1. The molecule has 2 atom stereocenters. The van der Waals surface area contributed by atoms with Gasteiger partial charge in [0.25, 0.3) is 5.91 Å². The van der Waals surface area contributed by atoms with Crippen molar-refractivity contribution in [3.63, 3.8) is 0 Å². The second-order valence-electron chi connectivity index (χ2n) is 6.55. The molecule has 1 aromatic heterocycles. The first-order valence-electron chi connectivity index (χ1n) is 8.26. The molecule has 1 saturated carbocycles. The summed E-state index contributed by atoms with van der Waals surface area (Å²) < 4.78 is 5.00. The van der Waals surface area contributed by atoms with Crippen molar-refractivity contribution in [1.29, 1.82) is 0 Å². The Morgan fingerprint density at radius 2 is 2.35 bits per heavy atom. The lowest BCUT2D eigenvalue weighted by molar-refractivity contribution is -0.128. The van der Waals surface area contributed by atoms with Crippen LogP contribution in [0.25, 0.3) is 0 Å². The molecule has 1 aliphatic carbocycles. The lowest BCUT2D eigenvalue weighted by Gasteiger charge is -2.30. The molecule has 1 spiro atoms. The van der Waals surface area contributed by atoms with Gasteiger partial charge in [0.2, 0.25) is 5.91 Å². The number of carbonyl (C=O) groups excluding carboxylic acids is 2. The molecule has 0 bridgehead atoms. The smallest absolute Gasteiger partial charge is 0.263 e. The Morgan fingerprint density at radius 1 is 1.48 bits per heavy atom. The first kappa shape index (κ1) is 16.5. The predicted molar refractivity (Wildman–Crippen MR) is 89.5 cm³/mol. The fraction of sp³-hybridized carbons (Fsp3) is 0.647. The summed E-state index contributed by atoms with van der Waals surface area (Å²) in [5.74, 6) is 0.271. The third kappa shape index (κ3) is 3.28. The largest absolute Gasteiger partial charge is 0.383 e. The van der Waals surface area contributed by atoms with Gasteiger partial charge in [0.15, 0.2) is 0 Å². The fourth-order valence-corrected chi connectivity index (χ4v) is 4.75. The van der Waals surface area contributed by atoms with Crippen LogP contribution in [0, 0.1) is 11.3 Å². The molecular weight excluding hydrogens is 312 g/mol. The average molecular weight is 336 g/mol. The Morgan fingerprint density at radius 3 is 3.09 bits per heavy atom. The highest BCUT2D eigenvalue weighted by Crippen LogP contribution is 2.50. The summed E-state index contributed by atoms with van der Waals surface area (Å²) in [4.78, 5) is 27.8. The van der Waals surface area contributed by atoms with Crippen LogP contribution in [0.5, 0.6) is 0 Å². The van der Waals surface area contributed by atoms with E-state index >= 15 is 0 Å². The summed E-state index contributed by atoms with van der Waals surface area (Å²) in [6.45, 7) is 2.57. The van der Waals surface area contributed by atoms with Gasteiger partial charge in [0.1, 0.15) is 0 Å². The third-order valence-electron chi connectivity index (χ3n) is 5.23. The van der Waals surface area contributed by atoms with Crippen molar-refractivity contribution < 1.29 is 14.3 Å². The molecule has 5 nitrogen and oxygen atoms in total. The number of amides is 2. The van der Waals surface area contributed by atoms with E-state index in [9.17, 15) is 9.59 Å². The summed E-state index contributed by atoms with van der Waals surface area (Å²) in [5.41, 5.74) is -0.0237. The number of ether oxygens (including phenoxy) is 1. The van der Waals surface area contributed by atoms with Gasteiger partial charge in [-0.1, -0.05) is 12.5 Å². The van der Waals surface area contributed by atoms with Crippen LogP contribution in [0.1, 0.15) is 35.4 Å². The Balaban J connectivity index is 1.65. The number of thiophene rings is 1. The van der Waals surface area contributed by atoms with Crippen LogP contribution in [-0.2, 0) is 9.53 Å². The summed E-state index contributed by atoms with van der Waals surface area (Å²) in [5, 5.41) is 4.91. The quantitative estimate of drug-likeness (QED) is 0.838. The lowest BCUT2D eigenvalue weighted by Crippen LogP contribution is -2.42. The van der Waals surface area contributed by atoms with Gasteiger partial charge in [0.05, 0.1) is 11.5 Å². The Bertz CT molecular complexity index is 560. The van der Waals surface area contributed by atoms with Crippen LogP contribution in [0.4, 0.5) is 0 Å². The standard InChI is InChI=1S/C17H24N2O3S/c1-22-10-8-18-15(20)13-4-2-6-17(13)7-9-19(12-17)16(21)14-5-3-11-23-14/h3,5,11,13H,2,4,6-10,12H2,1H3,(H,18,20)/t13-,17+/m1/s1. The molecule has 3 rings (SSSR count). The highest BCUT2D eigenvalue weighted by atomic mass is 32.1. The molecule has 1 aliphatic heterocycles. The number of nitrogens with zero attached hydrogens (tertiary/aromatic N) is 1. The molecule has 2 fully saturated rings. The number of rotatable bonds is 5. The maximum absolute atomic E-state index is 12.6. The van der Waals surface area contributed by atoms with E-state index in [0.29, 0.717) is 19.7 Å². The molecule has 1 N–H and O–H groups in total. The van der Waals surface area contributed by atoms with Crippen molar-refractivity contribution >= 4 is 23.2 Å². The van der Waals surface area contributed by atoms with Crippen molar-refractivity contribution in [2.75, 3.05) is 33.4 Å². The van der Waals surface area contributed by atoms with E-state index in [1.54, 1.807) is 7.11 Å². The maximum atomic E-state index is 12.6. The minimum Gasteiger partial charge on any atom is -0.383 e. The predicted octanol–water partition coefficient (Wildman–Crippen LogP) is 2.14. The second kappa shape index (κ2) is 7.01. The second-order valence-corrected chi connectivity index (χ2v) is 7.49. The first-order chi connectivity index (χ1) is 11.2. The van der Waals surface area contributed by atoms with E-state index in [0.717, 1.165) is 37.1 Å². The SMILES string of the molecule is COCCNC(=O)[C@H]1CCC[C@@]12CCN(C(=O)c1cccs1)C2. The van der Waals surface area contributed by atoms with E-state index in [1.165, 1.54) is 11.3 Å². The van der Waals surface area contributed by atoms with E-state index in [1.807, 2.05) is 22.4 Å². The van der Waals surface area contributed by atoms with Crippen LogP contribution < -0.4 is 5.32 Å². The third-order valence-corrected chi connectivity index (χ3v) is 6.09. The fourth-order valence-electron chi connectivity index (χ4n) is 4.06. The molecule has 2 aliphatic rings. The molecule has 2 amide bonds. The highest BCUT2D eigenvalue weighted by molar-refractivity contribution is 7.12. The van der Waals surface area contributed by atoms with Crippen molar-refractivity contribution in [3.05, 3.63) is 22.4 Å². The topological polar surface area (TPSA) is 58.6 Å². The average Bonchev–Trinajstić information content (AvgIpc) is 3.28. The summed E-state index contributed by atoms with van der Waals surface area (Å²) >= 11 is 1.49. The number of likely N-dealkylation sites (tertiary alicyclic amines) is 1.